The highest BCUT2D eigenvalue weighted by Crippen LogP contribution is 2.39. The molecule has 0 aromatic rings. The Kier molecular flexibility index (Phi) is 3.84. The van der Waals surface area contributed by atoms with Gasteiger partial charge in [0, 0.05) is 24.5 Å². The molecule has 1 amide bonds. The molecule has 2 aliphatic carbocycles. The Morgan fingerprint density at radius 1 is 1.11 bits per heavy atom. The monoisotopic (exact) mass is 264 g/mol. The normalized spacial score (nSPS) is 43.1. The van der Waals surface area contributed by atoms with E-state index in [-0.39, 0.29) is 5.92 Å². The van der Waals surface area contributed by atoms with Crippen LogP contribution in [0.2, 0.25) is 0 Å². The number of rotatable bonds is 1. The highest BCUT2D eigenvalue weighted by molar-refractivity contribution is 5.79. The first kappa shape index (κ1) is 13.4. The highest BCUT2D eigenvalue weighted by atomic mass is 16.2. The van der Waals surface area contributed by atoms with Crippen molar-refractivity contribution in [1.29, 1.82) is 0 Å². The van der Waals surface area contributed by atoms with Crippen molar-refractivity contribution in [1.82, 2.24) is 4.90 Å². The topological polar surface area (TPSA) is 46.3 Å². The van der Waals surface area contributed by atoms with Gasteiger partial charge in [-0.05, 0) is 56.8 Å². The number of nitrogens with zero attached hydrogens (tertiary/aromatic N) is 1. The van der Waals surface area contributed by atoms with Crippen LogP contribution in [0.3, 0.4) is 0 Å². The molecule has 3 fully saturated rings. The van der Waals surface area contributed by atoms with Crippen molar-refractivity contribution in [3.63, 3.8) is 0 Å². The SMILES string of the molecule is CC1CC(C(=O)N2CCCC3CCCC32)CCC1N. The summed E-state index contributed by atoms with van der Waals surface area (Å²) in [7, 11) is 0. The average Bonchev–Trinajstić information content (AvgIpc) is 2.89. The Balaban J connectivity index is 1.66. The van der Waals surface area contributed by atoms with Crippen LogP contribution < -0.4 is 5.73 Å². The number of hydrogen-bond donors (Lipinski definition) is 1. The van der Waals surface area contributed by atoms with Gasteiger partial charge in [-0.2, -0.15) is 0 Å². The molecule has 0 spiro atoms. The molecule has 3 heteroatoms. The summed E-state index contributed by atoms with van der Waals surface area (Å²) in [5.41, 5.74) is 6.08. The molecule has 0 aromatic heterocycles. The molecule has 5 unspecified atom stereocenters. The lowest BCUT2D eigenvalue weighted by Gasteiger charge is -2.41. The largest absolute Gasteiger partial charge is 0.339 e. The third-order valence-corrected chi connectivity index (χ3v) is 5.86. The molecule has 0 radical (unpaired) electrons. The molecule has 3 rings (SSSR count). The molecule has 1 saturated heterocycles. The van der Waals surface area contributed by atoms with E-state index in [0.29, 0.717) is 23.9 Å². The molecule has 5 atom stereocenters. The van der Waals surface area contributed by atoms with Crippen LogP contribution in [0.1, 0.15) is 58.3 Å². The first-order valence-corrected chi connectivity index (χ1v) is 8.23. The smallest absolute Gasteiger partial charge is 0.225 e. The van der Waals surface area contributed by atoms with Crippen LogP contribution in [-0.2, 0) is 4.79 Å². The fourth-order valence-electron chi connectivity index (χ4n) is 4.61. The Hall–Kier alpha value is -0.570. The molecule has 3 aliphatic rings. The van der Waals surface area contributed by atoms with Gasteiger partial charge in [0.25, 0.3) is 0 Å². The minimum absolute atomic E-state index is 0.258. The molecule has 2 N–H and O–H groups in total. The summed E-state index contributed by atoms with van der Waals surface area (Å²) < 4.78 is 0. The zero-order valence-electron chi connectivity index (χ0n) is 12.2. The van der Waals surface area contributed by atoms with Gasteiger partial charge in [-0.3, -0.25) is 4.79 Å². The Morgan fingerprint density at radius 2 is 1.89 bits per heavy atom. The van der Waals surface area contributed by atoms with Crippen molar-refractivity contribution in [3.8, 4) is 0 Å². The minimum atomic E-state index is 0.258. The number of amides is 1. The molecular weight excluding hydrogens is 236 g/mol. The van der Waals surface area contributed by atoms with Crippen molar-refractivity contribution >= 4 is 5.91 Å². The van der Waals surface area contributed by atoms with Crippen molar-refractivity contribution < 1.29 is 4.79 Å². The lowest BCUT2D eigenvalue weighted by molar-refractivity contribution is -0.142. The first-order valence-electron chi connectivity index (χ1n) is 8.23. The number of nitrogens with two attached hydrogens (primary N) is 1. The number of carbonyl (C=O) groups excluding carboxylic acids is 1. The van der Waals surface area contributed by atoms with Crippen molar-refractivity contribution in [2.45, 2.75) is 70.4 Å². The zero-order chi connectivity index (χ0) is 13.4. The summed E-state index contributed by atoms with van der Waals surface area (Å²) in [5, 5.41) is 0. The zero-order valence-corrected chi connectivity index (χ0v) is 12.2. The first-order chi connectivity index (χ1) is 9.16. The Bertz CT molecular complexity index is 344. The number of likely N-dealkylation sites (tertiary alicyclic amines) is 1. The van der Waals surface area contributed by atoms with Gasteiger partial charge < -0.3 is 10.6 Å². The van der Waals surface area contributed by atoms with Crippen molar-refractivity contribution in [3.05, 3.63) is 0 Å². The van der Waals surface area contributed by atoms with Crippen LogP contribution in [0, 0.1) is 17.8 Å². The van der Waals surface area contributed by atoms with Crippen LogP contribution in [0.4, 0.5) is 0 Å². The lowest BCUT2D eigenvalue weighted by atomic mass is 9.78. The molecule has 0 aromatic carbocycles. The summed E-state index contributed by atoms with van der Waals surface area (Å²) in [6.45, 7) is 3.22. The molecule has 19 heavy (non-hydrogen) atoms. The second kappa shape index (κ2) is 5.43. The van der Waals surface area contributed by atoms with E-state index >= 15 is 0 Å². The van der Waals surface area contributed by atoms with E-state index in [1.165, 1.54) is 32.1 Å². The molecule has 1 heterocycles. The average molecular weight is 264 g/mol. The van der Waals surface area contributed by atoms with Gasteiger partial charge in [-0.25, -0.2) is 0 Å². The van der Waals surface area contributed by atoms with Gasteiger partial charge in [-0.15, -0.1) is 0 Å². The van der Waals surface area contributed by atoms with Crippen molar-refractivity contribution in [2.75, 3.05) is 6.54 Å². The number of hydrogen-bond acceptors (Lipinski definition) is 2. The van der Waals surface area contributed by atoms with Gasteiger partial charge in [0.1, 0.15) is 0 Å². The van der Waals surface area contributed by atoms with Crippen LogP contribution in [0.25, 0.3) is 0 Å². The van der Waals surface area contributed by atoms with Gasteiger partial charge in [0.2, 0.25) is 5.91 Å². The van der Waals surface area contributed by atoms with Crippen LogP contribution in [0.15, 0.2) is 0 Å². The van der Waals surface area contributed by atoms with Crippen LogP contribution >= 0.6 is 0 Å². The summed E-state index contributed by atoms with van der Waals surface area (Å²) in [4.78, 5) is 15.1. The van der Waals surface area contributed by atoms with E-state index in [4.69, 9.17) is 5.73 Å². The predicted molar refractivity (Wildman–Crippen MR) is 76.6 cm³/mol. The summed E-state index contributed by atoms with van der Waals surface area (Å²) in [5.74, 6) is 2.03. The number of carbonyl (C=O) groups is 1. The molecule has 3 nitrogen and oxygen atoms in total. The molecular formula is C16H28N2O. The second-order valence-corrected chi connectivity index (χ2v) is 7.08. The van der Waals surface area contributed by atoms with E-state index in [9.17, 15) is 4.79 Å². The third kappa shape index (κ3) is 2.54. The molecule has 0 bridgehead atoms. The van der Waals surface area contributed by atoms with Crippen LogP contribution in [0.5, 0.6) is 0 Å². The van der Waals surface area contributed by atoms with E-state index in [1.54, 1.807) is 0 Å². The third-order valence-electron chi connectivity index (χ3n) is 5.86. The minimum Gasteiger partial charge on any atom is -0.339 e. The fourth-order valence-corrected chi connectivity index (χ4v) is 4.61. The fraction of sp³-hybridized carbons (Fsp3) is 0.938. The van der Waals surface area contributed by atoms with Crippen LogP contribution in [-0.4, -0.2) is 29.4 Å². The Labute approximate surface area is 116 Å². The second-order valence-electron chi connectivity index (χ2n) is 7.08. The Morgan fingerprint density at radius 3 is 2.68 bits per heavy atom. The quantitative estimate of drug-likeness (QED) is 0.791. The highest BCUT2D eigenvalue weighted by Gasteiger charge is 2.40. The summed E-state index contributed by atoms with van der Waals surface area (Å²) in [6.07, 6.45) is 9.53. The predicted octanol–water partition coefficient (Wildman–Crippen LogP) is 2.54. The summed E-state index contributed by atoms with van der Waals surface area (Å²) >= 11 is 0. The van der Waals surface area contributed by atoms with E-state index in [0.717, 1.165) is 31.7 Å². The number of fused-ring (bicyclic) bond motifs is 1. The van der Waals surface area contributed by atoms with E-state index < -0.39 is 0 Å². The van der Waals surface area contributed by atoms with Gasteiger partial charge >= 0.3 is 0 Å². The van der Waals surface area contributed by atoms with Gasteiger partial charge in [0.15, 0.2) is 0 Å². The number of piperidine rings is 1. The molecule has 2 saturated carbocycles. The van der Waals surface area contributed by atoms with E-state index in [2.05, 4.69) is 11.8 Å². The maximum atomic E-state index is 12.8. The molecule has 108 valence electrons. The van der Waals surface area contributed by atoms with Gasteiger partial charge in [-0.1, -0.05) is 13.3 Å². The summed E-state index contributed by atoms with van der Waals surface area (Å²) in [6, 6.07) is 0.886. The van der Waals surface area contributed by atoms with E-state index in [1.807, 2.05) is 0 Å². The molecule has 1 aliphatic heterocycles. The van der Waals surface area contributed by atoms with Gasteiger partial charge in [0.05, 0.1) is 0 Å². The van der Waals surface area contributed by atoms with Crippen molar-refractivity contribution in [2.24, 2.45) is 23.5 Å². The standard InChI is InChI=1S/C16H28N2O/c1-11-10-13(7-8-14(11)17)16(19)18-9-3-5-12-4-2-6-15(12)18/h11-15H,2-10,17H2,1H3. The lowest BCUT2D eigenvalue weighted by Crippen LogP contribution is -2.50. The maximum Gasteiger partial charge on any atom is 0.225 e. The maximum absolute atomic E-state index is 12.8.